The number of rotatable bonds is 5. The molecule has 0 aliphatic carbocycles. The molecule has 1 nitrogen and oxygen atoms in total. The minimum atomic E-state index is 0.315. The minimum Gasteiger partial charge on any atom is -0.327 e. The van der Waals surface area contributed by atoms with Gasteiger partial charge < -0.3 is 5.73 Å². The van der Waals surface area contributed by atoms with Gasteiger partial charge in [-0.25, -0.2) is 0 Å². The normalized spacial score (nSPS) is 13.5. The van der Waals surface area contributed by atoms with Crippen molar-refractivity contribution in [2.24, 2.45) is 11.7 Å². The quantitative estimate of drug-likeness (QED) is 0.869. The van der Waals surface area contributed by atoms with Crippen LogP contribution in [0.3, 0.4) is 0 Å². The van der Waals surface area contributed by atoms with E-state index in [-0.39, 0.29) is 0 Å². The second-order valence-corrected chi connectivity index (χ2v) is 6.20. The Morgan fingerprint density at radius 1 is 1.36 bits per heavy atom. The second-order valence-electron chi connectivity index (χ2n) is 3.65. The van der Waals surface area contributed by atoms with Crippen LogP contribution in [0.1, 0.15) is 31.6 Å². The van der Waals surface area contributed by atoms with Crippen molar-refractivity contribution in [3.05, 3.63) is 20.8 Å². The van der Waals surface area contributed by atoms with Crippen LogP contribution in [0.5, 0.6) is 0 Å². The molecule has 0 aliphatic rings. The van der Waals surface area contributed by atoms with Gasteiger partial charge in [0.2, 0.25) is 0 Å². The predicted octanol–water partition coefficient (Wildman–Crippen LogP) is 3.82. The molecule has 3 heteroatoms. The van der Waals surface area contributed by atoms with Crippen LogP contribution in [0.25, 0.3) is 0 Å². The van der Waals surface area contributed by atoms with Crippen molar-refractivity contribution in [3.63, 3.8) is 0 Å². The van der Waals surface area contributed by atoms with E-state index in [0.29, 0.717) is 12.0 Å². The van der Waals surface area contributed by atoms with E-state index in [0.717, 1.165) is 6.42 Å². The molecule has 0 saturated heterocycles. The summed E-state index contributed by atoms with van der Waals surface area (Å²) in [6.07, 6.45) is 3.39. The van der Waals surface area contributed by atoms with Crippen molar-refractivity contribution in [2.45, 2.75) is 39.2 Å². The van der Waals surface area contributed by atoms with Crippen molar-refractivity contribution in [2.75, 3.05) is 0 Å². The highest BCUT2D eigenvalue weighted by molar-refractivity contribution is 9.11. The molecular weight excluding hydrogens is 258 g/mol. The lowest BCUT2D eigenvalue weighted by molar-refractivity contribution is 0.395. The Morgan fingerprint density at radius 3 is 2.43 bits per heavy atom. The predicted molar refractivity (Wildman–Crippen MR) is 67.8 cm³/mol. The van der Waals surface area contributed by atoms with Gasteiger partial charge >= 0.3 is 0 Å². The zero-order chi connectivity index (χ0) is 10.6. The Hall–Kier alpha value is 0.140. The molecule has 80 valence electrons. The molecule has 14 heavy (non-hydrogen) atoms. The summed E-state index contributed by atoms with van der Waals surface area (Å²) in [5, 5.41) is 0. The highest BCUT2D eigenvalue weighted by Crippen LogP contribution is 2.25. The van der Waals surface area contributed by atoms with Gasteiger partial charge in [0, 0.05) is 10.9 Å². The molecule has 0 bridgehead atoms. The average Bonchev–Trinajstić information content (AvgIpc) is 2.53. The first-order chi connectivity index (χ1) is 6.67. The van der Waals surface area contributed by atoms with E-state index in [1.165, 1.54) is 21.5 Å². The zero-order valence-corrected chi connectivity index (χ0v) is 11.2. The third-order valence-corrected chi connectivity index (χ3v) is 4.37. The van der Waals surface area contributed by atoms with E-state index >= 15 is 0 Å². The average molecular weight is 276 g/mol. The van der Waals surface area contributed by atoms with Crippen LogP contribution in [-0.4, -0.2) is 6.04 Å². The van der Waals surface area contributed by atoms with Gasteiger partial charge in [0.15, 0.2) is 0 Å². The van der Waals surface area contributed by atoms with Crippen LogP contribution in [0.4, 0.5) is 0 Å². The number of thiophene rings is 1. The van der Waals surface area contributed by atoms with Crippen LogP contribution in [0.15, 0.2) is 15.9 Å². The zero-order valence-electron chi connectivity index (χ0n) is 8.79. The van der Waals surface area contributed by atoms with Crippen LogP contribution >= 0.6 is 27.3 Å². The number of hydrogen-bond acceptors (Lipinski definition) is 2. The summed E-state index contributed by atoms with van der Waals surface area (Å²) < 4.78 is 1.20. The van der Waals surface area contributed by atoms with E-state index < -0.39 is 0 Å². The van der Waals surface area contributed by atoms with Gasteiger partial charge in [-0.2, -0.15) is 0 Å². The molecule has 2 N–H and O–H groups in total. The van der Waals surface area contributed by atoms with E-state index in [2.05, 4.69) is 41.9 Å². The van der Waals surface area contributed by atoms with E-state index in [1.807, 2.05) is 0 Å². The minimum absolute atomic E-state index is 0.315. The van der Waals surface area contributed by atoms with Gasteiger partial charge in [-0.15, -0.1) is 11.3 Å². The summed E-state index contributed by atoms with van der Waals surface area (Å²) in [5.74, 6) is 0.663. The molecule has 1 unspecified atom stereocenters. The molecule has 0 spiro atoms. The first kappa shape index (κ1) is 12.2. The SMILES string of the molecule is CCC(CC)C(N)Cc1ccc(Br)s1. The lowest BCUT2D eigenvalue weighted by atomic mass is 9.92. The van der Waals surface area contributed by atoms with Gasteiger partial charge in [-0.1, -0.05) is 26.7 Å². The fourth-order valence-corrected chi connectivity index (χ4v) is 3.31. The van der Waals surface area contributed by atoms with Crippen LogP contribution < -0.4 is 5.73 Å². The Morgan fingerprint density at radius 2 is 2.00 bits per heavy atom. The summed E-state index contributed by atoms with van der Waals surface area (Å²) in [6.45, 7) is 4.44. The Labute approximate surface area is 98.8 Å². The van der Waals surface area contributed by atoms with Gasteiger partial charge in [0.25, 0.3) is 0 Å². The van der Waals surface area contributed by atoms with Crippen molar-refractivity contribution < 1.29 is 0 Å². The Balaban J connectivity index is 2.51. The fourth-order valence-electron chi connectivity index (χ4n) is 1.75. The fraction of sp³-hybridized carbons (Fsp3) is 0.636. The molecule has 1 atom stereocenters. The molecule has 1 rings (SSSR count). The van der Waals surface area contributed by atoms with E-state index in [9.17, 15) is 0 Å². The first-order valence-corrected chi connectivity index (χ1v) is 6.78. The lowest BCUT2D eigenvalue weighted by Gasteiger charge is -2.20. The largest absolute Gasteiger partial charge is 0.327 e. The Bertz CT molecular complexity index is 268. The highest BCUT2D eigenvalue weighted by atomic mass is 79.9. The maximum absolute atomic E-state index is 6.17. The van der Waals surface area contributed by atoms with Gasteiger partial charge in [0.1, 0.15) is 0 Å². The molecule has 0 amide bonds. The molecule has 0 saturated carbocycles. The van der Waals surface area contributed by atoms with E-state index in [1.54, 1.807) is 11.3 Å². The number of halogens is 1. The summed E-state index contributed by atoms with van der Waals surface area (Å²) in [5.41, 5.74) is 6.17. The molecule has 0 aromatic carbocycles. The molecule has 1 aromatic heterocycles. The molecule has 0 radical (unpaired) electrons. The summed E-state index contributed by atoms with van der Waals surface area (Å²) in [6, 6.07) is 4.58. The van der Waals surface area contributed by atoms with Crippen molar-refractivity contribution in [1.82, 2.24) is 0 Å². The second kappa shape index (κ2) is 5.89. The molecular formula is C11H18BrNS. The maximum atomic E-state index is 6.17. The number of hydrogen-bond donors (Lipinski definition) is 1. The van der Waals surface area contributed by atoms with Crippen molar-refractivity contribution in [3.8, 4) is 0 Å². The molecule has 1 aromatic rings. The van der Waals surface area contributed by atoms with Gasteiger partial charge in [0.05, 0.1) is 3.79 Å². The maximum Gasteiger partial charge on any atom is 0.0701 e. The third kappa shape index (κ3) is 3.37. The van der Waals surface area contributed by atoms with Crippen LogP contribution in [-0.2, 0) is 6.42 Å². The van der Waals surface area contributed by atoms with Crippen LogP contribution in [0, 0.1) is 5.92 Å². The van der Waals surface area contributed by atoms with E-state index in [4.69, 9.17) is 5.73 Å². The monoisotopic (exact) mass is 275 g/mol. The summed E-state index contributed by atoms with van der Waals surface area (Å²) in [4.78, 5) is 1.39. The number of nitrogens with two attached hydrogens (primary N) is 1. The van der Waals surface area contributed by atoms with Gasteiger partial charge in [-0.3, -0.25) is 0 Å². The van der Waals surface area contributed by atoms with Crippen molar-refractivity contribution >= 4 is 27.3 Å². The highest BCUT2D eigenvalue weighted by Gasteiger charge is 2.14. The van der Waals surface area contributed by atoms with Crippen molar-refractivity contribution in [1.29, 1.82) is 0 Å². The summed E-state index contributed by atoms with van der Waals surface area (Å²) in [7, 11) is 0. The standard InChI is InChI=1S/C11H18BrNS/c1-3-8(4-2)10(13)7-9-5-6-11(12)14-9/h5-6,8,10H,3-4,7,13H2,1-2H3. The third-order valence-electron chi connectivity index (χ3n) is 2.72. The summed E-state index contributed by atoms with van der Waals surface area (Å²) >= 11 is 5.26. The smallest absolute Gasteiger partial charge is 0.0701 e. The lowest BCUT2D eigenvalue weighted by Crippen LogP contribution is -2.31. The Kier molecular flexibility index (Phi) is 5.13. The molecule has 0 fully saturated rings. The molecule has 0 aliphatic heterocycles. The molecule has 1 heterocycles. The van der Waals surface area contributed by atoms with Gasteiger partial charge in [-0.05, 0) is 40.4 Å². The topological polar surface area (TPSA) is 26.0 Å². The van der Waals surface area contributed by atoms with Crippen LogP contribution in [0.2, 0.25) is 0 Å². The first-order valence-electron chi connectivity index (χ1n) is 5.17.